The monoisotopic (exact) mass is 206 g/mol. The molecule has 1 aliphatic carbocycles. The lowest BCUT2D eigenvalue weighted by Gasteiger charge is -2.43. The Hall–Kier alpha value is -0.240. The number of methoxy groups -OCH3 is 1. The molecule has 0 aliphatic heterocycles. The molecule has 6 N–H and O–H groups in total. The number of aliphatic hydroxyl groups excluding tert-OH is 3. The maximum atomic E-state index is 9.67. The summed E-state index contributed by atoms with van der Waals surface area (Å²) < 4.78 is 5.03. The highest BCUT2D eigenvalue weighted by atomic mass is 16.5. The zero-order valence-corrected chi connectivity index (χ0v) is 8.29. The summed E-state index contributed by atoms with van der Waals surface area (Å²) >= 11 is 0. The van der Waals surface area contributed by atoms with Gasteiger partial charge in [0.1, 0.15) is 6.10 Å². The third-order valence-electron chi connectivity index (χ3n) is 2.80. The Kier molecular flexibility index (Phi) is 3.82. The van der Waals surface area contributed by atoms with E-state index >= 15 is 0 Å². The van der Waals surface area contributed by atoms with Gasteiger partial charge in [0.2, 0.25) is 0 Å². The van der Waals surface area contributed by atoms with Gasteiger partial charge >= 0.3 is 0 Å². The van der Waals surface area contributed by atoms with Crippen molar-refractivity contribution in [3.8, 4) is 0 Å². The molecule has 0 aromatic rings. The molecule has 0 spiro atoms. The molecule has 84 valence electrons. The first-order valence-electron chi connectivity index (χ1n) is 4.54. The van der Waals surface area contributed by atoms with Crippen molar-refractivity contribution in [2.45, 2.75) is 36.5 Å². The van der Waals surface area contributed by atoms with E-state index in [4.69, 9.17) is 10.5 Å². The van der Waals surface area contributed by atoms with Gasteiger partial charge in [0.05, 0.1) is 30.4 Å². The highest BCUT2D eigenvalue weighted by molar-refractivity contribution is 5.04. The maximum absolute atomic E-state index is 9.67. The van der Waals surface area contributed by atoms with Gasteiger partial charge in [0, 0.05) is 7.11 Å². The lowest BCUT2D eigenvalue weighted by Crippen LogP contribution is -2.69. The minimum Gasteiger partial charge on any atom is -0.389 e. The van der Waals surface area contributed by atoms with Crippen molar-refractivity contribution in [3.05, 3.63) is 0 Å². The zero-order chi connectivity index (χ0) is 10.9. The van der Waals surface area contributed by atoms with Gasteiger partial charge in [0.15, 0.2) is 0 Å². The minimum atomic E-state index is -1.14. The molecule has 14 heavy (non-hydrogen) atoms. The molecule has 1 rings (SSSR count). The molecule has 0 bridgehead atoms. The Labute approximate surface area is 82.7 Å². The van der Waals surface area contributed by atoms with Crippen LogP contribution in [-0.2, 0) is 4.74 Å². The number of ether oxygens (including phenoxy) is 1. The predicted molar refractivity (Wildman–Crippen MR) is 49.6 cm³/mol. The molecular formula is C8H18N2O4. The van der Waals surface area contributed by atoms with Gasteiger partial charge < -0.3 is 31.1 Å². The number of nitrogens with one attached hydrogen (secondary N) is 1. The fraction of sp³-hybridized carbons (Fsp3) is 1.00. The Morgan fingerprint density at radius 1 is 1.14 bits per heavy atom. The molecule has 1 fully saturated rings. The van der Waals surface area contributed by atoms with Crippen molar-refractivity contribution in [2.75, 3.05) is 14.2 Å². The van der Waals surface area contributed by atoms with E-state index in [1.165, 1.54) is 7.11 Å². The molecule has 6 nitrogen and oxygen atoms in total. The Morgan fingerprint density at radius 3 is 2.14 bits per heavy atom. The van der Waals surface area contributed by atoms with E-state index in [0.29, 0.717) is 0 Å². The van der Waals surface area contributed by atoms with Crippen molar-refractivity contribution >= 4 is 0 Å². The summed E-state index contributed by atoms with van der Waals surface area (Å²) in [5.41, 5.74) is 5.53. The highest BCUT2D eigenvalue weighted by Gasteiger charge is 2.47. The van der Waals surface area contributed by atoms with Crippen molar-refractivity contribution < 1.29 is 20.1 Å². The SMILES string of the molecule is CN[C@@H]1[C@H](O)[C@@H](O)[C@H](N)[C@@H](O)[C@H]1OC. The van der Waals surface area contributed by atoms with E-state index < -0.39 is 36.5 Å². The second-order valence-electron chi connectivity index (χ2n) is 3.56. The summed E-state index contributed by atoms with van der Waals surface area (Å²) in [6, 6.07) is -1.41. The van der Waals surface area contributed by atoms with Crippen LogP contribution in [0.1, 0.15) is 0 Å². The van der Waals surface area contributed by atoms with Crippen LogP contribution in [0.25, 0.3) is 0 Å². The summed E-state index contributed by atoms with van der Waals surface area (Å²) in [6.07, 6.45) is -3.79. The van der Waals surface area contributed by atoms with Crippen LogP contribution in [0.3, 0.4) is 0 Å². The molecule has 0 amide bonds. The van der Waals surface area contributed by atoms with Gasteiger partial charge in [-0.1, -0.05) is 0 Å². The summed E-state index contributed by atoms with van der Waals surface area (Å²) in [4.78, 5) is 0. The standard InChI is InChI=1S/C8H18N2O4/c1-10-4-7(13)5(11)3(9)6(12)8(4)14-2/h3-8,10-13H,9H2,1-2H3/t3-,4+,5-,6+,7-,8-/m0/s1. The summed E-state index contributed by atoms with van der Waals surface area (Å²) in [5.74, 6) is 0. The first-order valence-corrected chi connectivity index (χ1v) is 4.54. The van der Waals surface area contributed by atoms with Crippen LogP contribution in [0.5, 0.6) is 0 Å². The number of rotatable bonds is 2. The predicted octanol–water partition coefficient (Wildman–Crippen LogP) is -2.99. The maximum Gasteiger partial charge on any atom is 0.102 e. The lowest BCUT2D eigenvalue weighted by atomic mass is 9.82. The number of hydrogen-bond donors (Lipinski definition) is 5. The number of likely N-dealkylation sites (N-methyl/N-ethyl adjacent to an activating group) is 1. The van der Waals surface area contributed by atoms with Crippen LogP contribution in [-0.4, -0.2) is 66.0 Å². The molecule has 0 radical (unpaired) electrons. The van der Waals surface area contributed by atoms with Gasteiger partial charge in [-0.3, -0.25) is 0 Å². The average molecular weight is 206 g/mol. The molecule has 0 heterocycles. The molecule has 0 saturated heterocycles. The number of nitrogens with two attached hydrogens (primary N) is 1. The second-order valence-corrected chi connectivity index (χ2v) is 3.56. The molecule has 0 unspecified atom stereocenters. The van der Waals surface area contributed by atoms with E-state index in [2.05, 4.69) is 5.32 Å². The van der Waals surface area contributed by atoms with Gasteiger partial charge in [-0.05, 0) is 7.05 Å². The van der Waals surface area contributed by atoms with Crippen molar-refractivity contribution in [2.24, 2.45) is 5.73 Å². The van der Waals surface area contributed by atoms with E-state index in [9.17, 15) is 15.3 Å². The molecular weight excluding hydrogens is 188 g/mol. The fourth-order valence-electron chi connectivity index (χ4n) is 1.89. The second kappa shape index (κ2) is 4.52. The Morgan fingerprint density at radius 2 is 1.71 bits per heavy atom. The van der Waals surface area contributed by atoms with E-state index in [0.717, 1.165) is 0 Å². The normalized spacial score (nSPS) is 49.3. The van der Waals surface area contributed by atoms with Crippen LogP contribution in [0, 0.1) is 0 Å². The van der Waals surface area contributed by atoms with Gasteiger partial charge in [-0.2, -0.15) is 0 Å². The van der Waals surface area contributed by atoms with Crippen molar-refractivity contribution in [3.63, 3.8) is 0 Å². The lowest BCUT2D eigenvalue weighted by molar-refractivity contribution is -0.148. The molecule has 1 aliphatic rings. The molecule has 6 heteroatoms. The topological polar surface area (TPSA) is 108 Å². The summed E-state index contributed by atoms with van der Waals surface area (Å²) in [7, 11) is 3.05. The number of aliphatic hydroxyl groups is 3. The summed E-state index contributed by atoms with van der Waals surface area (Å²) in [5, 5.41) is 31.6. The largest absolute Gasteiger partial charge is 0.389 e. The molecule has 0 aromatic heterocycles. The van der Waals surface area contributed by atoms with Crippen molar-refractivity contribution in [1.82, 2.24) is 5.32 Å². The minimum absolute atomic E-state index is 0.523. The zero-order valence-electron chi connectivity index (χ0n) is 8.29. The van der Waals surface area contributed by atoms with E-state index in [-0.39, 0.29) is 0 Å². The van der Waals surface area contributed by atoms with Crippen LogP contribution >= 0.6 is 0 Å². The van der Waals surface area contributed by atoms with Crippen LogP contribution in [0.2, 0.25) is 0 Å². The molecule has 6 atom stereocenters. The van der Waals surface area contributed by atoms with Gasteiger partial charge in [-0.15, -0.1) is 0 Å². The van der Waals surface area contributed by atoms with Crippen LogP contribution < -0.4 is 11.1 Å². The average Bonchev–Trinajstić information content (AvgIpc) is 2.20. The first-order chi connectivity index (χ1) is 6.54. The van der Waals surface area contributed by atoms with E-state index in [1.807, 2.05) is 0 Å². The van der Waals surface area contributed by atoms with Gasteiger partial charge in [0.25, 0.3) is 0 Å². The fourth-order valence-corrected chi connectivity index (χ4v) is 1.89. The highest BCUT2D eigenvalue weighted by Crippen LogP contribution is 2.21. The molecule has 0 aromatic carbocycles. The smallest absolute Gasteiger partial charge is 0.102 e. The van der Waals surface area contributed by atoms with Crippen molar-refractivity contribution in [1.29, 1.82) is 0 Å². The quantitative estimate of drug-likeness (QED) is 0.330. The van der Waals surface area contributed by atoms with Crippen LogP contribution in [0.15, 0.2) is 0 Å². The first kappa shape index (κ1) is 11.8. The third kappa shape index (κ3) is 1.77. The number of hydrogen-bond acceptors (Lipinski definition) is 6. The Bertz CT molecular complexity index is 172. The Balaban J connectivity index is 2.84. The van der Waals surface area contributed by atoms with Gasteiger partial charge in [-0.25, -0.2) is 0 Å². The van der Waals surface area contributed by atoms with E-state index in [1.54, 1.807) is 7.05 Å². The summed E-state index contributed by atoms with van der Waals surface area (Å²) in [6.45, 7) is 0. The van der Waals surface area contributed by atoms with Crippen LogP contribution in [0.4, 0.5) is 0 Å². The third-order valence-corrected chi connectivity index (χ3v) is 2.80. The molecule has 1 saturated carbocycles.